The van der Waals surface area contributed by atoms with E-state index < -0.39 is 17.7 Å². The normalized spacial score (nSPS) is 25.6. The molecule has 2 saturated heterocycles. The molecule has 2 bridgehead atoms. The maximum atomic E-state index is 14.1. The van der Waals surface area contributed by atoms with Crippen LogP contribution in [-0.4, -0.2) is 41.9 Å². The first-order chi connectivity index (χ1) is 12.3. The molecule has 1 aromatic carbocycles. The second kappa shape index (κ2) is 7.70. The summed E-state index contributed by atoms with van der Waals surface area (Å²) in [6.07, 6.45) is 4.04. The van der Waals surface area contributed by atoms with Crippen molar-refractivity contribution in [1.82, 2.24) is 15.5 Å². The first kappa shape index (κ1) is 18.8. The number of rotatable bonds is 5. The van der Waals surface area contributed by atoms with Gasteiger partial charge in [0.2, 0.25) is 11.8 Å². The van der Waals surface area contributed by atoms with Gasteiger partial charge in [0.1, 0.15) is 11.6 Å². The molecule has 142 valence electrons. The van der Waals surface area contributed by atoms with E-state index in [4.69, 9.17) is 0 Å². The molecule has 2 amide bonds. The highest BCUT2D eigenvalue weighted by molar-refractivity contribution is 5.79. The summed E-state index contributed by atoms with van der Waals surface area (Å²) in [6, 6.07) is 3.42. The largest absolute Gasteiger partial charge is 0.349 e. The van der Waals surface area contributed by atoms with E-state index in [1.165, 1.54) is 13.0 Å². The topological polar surface area (TPSA) is 61.4 Å². The van der Waals surface area contributed by atoms with Gasteiger partial charge in [0, 0.05) is 43.7 Å². The minimum Gasteiger partial charge on any atom is -0.349 e. The van der Waals surface area contributed by atoms with Crippen molar-refractivity contribution >= 4 is 11.8 Å². The fourth-order valence-electron chi connectivity index (χ4n) is 4.13. The lowest BCUT2D eigenvalue weighted by atomic mass is 9.97. The lowest BCUT2D eigenvalue weighted by Gasteiger charge is -2.36. The molecule has 3 atom stereocenters. The van der Waals surface area contributed by atoms with Gasteiger partial charge in [-0.1, -0.05) is 6.07 Å². The molecular formula is C19H25F2N3O2. The van der Waals surface area contributed by atoms with E-state index in [1.807, 2.05) is 0 Å². The van der Waals surface area contributed by atoms with Crippen molar-refractivity contribution < 1.29 is 18.4 Å². The summed E-state index contributed by atoms with van der Waals surface area (Å²) >= 11 is 0. The van der Waals surface area contributed by atoms with Crippen LogP contribution in [0.2, 0.25) is 0 Å². The quantitative estimate of drug-likeness (QED) is 0.842. The Kier molecular flexibility index (Phi) is 5.55. The lowest BCUT2D eigenvalue weighted by Crippen LogP contribution is -2.49. The van der Waals surface area contributed by atoms with Crippen molar-refractivity contribution in [2.24, 2.45) is 0 Å². The Morgan fingerprint density at radius 3 is 2.50 bits per heavy atom. The monoisotopic (exact) mass is 365 g/mol. The first-order valence-corrected chi connectivity index (χ1v) is 9.07. The highest BCUT2D eigenvalue weighted by Crippen LogP contribution is 2.30. The van der Waals surface area contributed by atoms with Gasteiger partial charge in [0.25, 0.3) is 0 Å². The highest BCUT2D eigenvalue weighted by Gasteiger charge is 2.36. The van der Waals surface area contributed by atoms with Crippen LogP contribution in [0.25, 0.3) is 0 Å². The zero-order chi connectivity index (χ0) is 18.8. The maximum Gasteiger partial charge on any atom is 0.224 e. The van der Waals surface area contributed by atoms with Crippen molar-refractivity contribution in [2.45, 2.75) is 63.2 Å². The van der Waals surface area contributed by atoms with Crippen molar-refractivity contribution in [3.8, 4) is 0 Å². The van der Waals surface area contributed by atoms with Gasteiger partial charge >= 0.3 is 0 Å². The van der Waals surface area contributed by atoms with Crippen LogP contribution in [0.5, 0.6) is 0 Å². The van der Waals surface area contributed by atoms with E-state index in [0.29, 0.717) is 12.1 Å². The van der Waals surface area contributed by atoms with E-state index in [-0.39, 0.29) is 29.8 Å². The number of nitrogens with zero attached hydrogens (tertiary/aromatic N) is 1. The second-order valence-electron chi connectivity index (χ2n) is 7.39. The number of hydrogen-bond donors (Lipinski definition) is 2. The number of amides is 2. The summed E-state index contributed by atoms with van der Waals surface area (Å²) in [5, 5.41) is 6.15. The number of nitrogens with one attached hydrogen (secondary N) is 2. The summed E-state index contributed by atoms with van der Waals surface area (Å²) < 4.78 is 27.3. The molecule has 2 heterocycles. The van der Waals surface area contributed by atoms with Crippen LogP contribution in [0.3, 0.4) is 0 Å². The van der Waals surface area contributed by atoms with Crippen molar-refractivity contribution in [1.29, 1.82) is 0 Å². The number of carbonyl (C=O) groups is 2. The predicted molar refractivity (Wildman–Crippen MR) is 93.3 cm³/mol. The number of benzene rings is 1. The van der Waals surface area contributed by atoms with E-state index in [9.17, 15) is 18.4 Å². The molecule has 2 fully saturated rings. The summed E-state index contributed by atoms with van der Waals surface area (Å²) in [6.45, 7) is 1.31. The van der Waals surface area contributed by atoms with E-state index >= 15 is 0 Å². The van der Waals surface area contributed by atoms with Crippen LogP contribution in [-0.2, 0) is 9.59 Å². The van der Waals surface area contributed by atoms with Gasteiger partial charge in [-0.15, -0.1) is 0 Å². The Balaban J connectivity index is 1.71. The molecular weight excluding hydrogens is 340 g/mol. The SMILES string of the molecule is CC(=O)NC(CC(=O)N(C)C1CC2CCC(C1)N2)c1ccc(F)cc1F. The molecule has 26 heavy (non-hydrogen) atoms. The zero-order valence-electron chi connectivity index (χ0n) is 15.1. The number of hydrogen-bond acceptors (Lipinski definition) is 3. The molecule has 0 spiro atoms. The molecule has 2 aliphatic heterocycles. The zero-order valence-corrected chi connectivity index (χ0v) is 15.1. The van der Waals surface area contributed by atoms with E-state index in [2.05, 4.69) is 10.6 Å². The Bertz CT molecular complexity index is 685. The summed E-state index contributed by atoms with van der Waals surface area (Å²) in [4.78, 5) is 26.0. The fraction of sp³-hybridized carbons (Fsp3) is 0.579. The second-order valence-corrected chi connectivity index (χ2v) is 7.39. The van der Waals surface area contributed by atoms with Gasteiger partial charge in [0.05, 0.1) is 12.5 Å². The molecule has 2 aliphatic rings. The molecule has 3 unspecified atom stereocenters. The molecule has 3 rings (SSSR count). The van der Waals surface area contributed by atoms with E-state index in [1.54, 1.807) is 11.9 Å². The molecule has 2 N–H and O–H groups in total. The van der Waals surface area contributed by atoms with Crippen molar-refractivity contribution in [3.05, 3.63) is 35.4 Å². The molecule has 7 heteroatoms. The maximum absolute atomic E-state index is 14.1. The van der Waals surface area contributed by atoms with Crippen molar-refractivity contribution in [3.63, 3.8) is 0 Å². The molecule has 1 aromatic rings. The van der Waals surface area contributed by atoms with Crippen LogP contribution in [0.4, 0.5) is 8.78 Å². The minimum atomic E-state index is -0.818. The number of carbonyl (C=O) groups excluding carboxylic acids is 2. The van der Waals surface area contributed by atoms with E-state index in [0.717, 1.165) is 37.8 Å². The third-order valence-corrected chi connectivity index (χ3v) is 5.48. The average molecular weight is 365 g/mol. The van der Waals surface area contributed by atoms with Gasteiger partial charge < -0.3 is 15.5 Å². The summed E-state index contributed by atoms with van der Waals surface area (Å²) in [7, 11) is 1.77. The van der Waals surface area contributed by atoms with Crippen LogP contribution in [0.1, 0.15) is 50.6 Å². The third-order valence-electron chi connectivity index (χ3n) is 5.48. The van der Waals surface area contributed by atoms with Gasteiger partial charge in [-0.05, 0) is 31.7 Å². The fourth-order valence-corrected chi connectivity index (χ4v) is 4.13. The molecule has 0 aromatic heterocycles. The lowest BCUT2D eigenvalue weighted by molar-refractivity contribution is -0.133. The Hall–Kier alpha value is -2.02. The average Bonchev–Trinajstić information content (AvgIpc) is 2.91. The number of piperidine rings is 1. The first-order valence-electron chi connectivity index (χ1n) is 9.07. The number of halogens is 2. The molecule has 0 saturated carbocycles. The molecule has 0 radical (unpaired) electrons. The number of fused-ring (bicyclic) bond motifs is 2. The molecule has 5 nitrogen and oxygen atoms in total. The highest BCUT2D eigenvalue weighted by atomic mass is 19.1. The smallest absolute Gasteiger partial charge is 0.224 e. The van der Waals surface area contributed by atoms with Crippen LogP contribution >= 0.6 is 0 Å². The van der Waals surface area contributed by atoms with Crippen LogP contribution in [0, 0.1) is 11.6 Å². The minimum absolute atomic E-state index is 0.0576. The predicted octanol–water partition coefficient (Wildman–Crippen LogP) is 2.27. The van der Waals surface area contributed by atoms with Crippen molar-refractivity contribution in [2.75, 3.05) is 7.05 Å². The summed E-state index contributed by atoms with van der Waals surface area (Å²) in [5.74, 6) is -1.98. The van der Waals surface area contributed by atoms with Gasteiger partial charge in [-0.2, -0.15) is 0 Å². The Morgan fingerprint density at radius 1 is 1.27 bits per heavy atom. The van der Waals surface area contributed by atoms with Gasteiger partial charge in [0.15, 0.2) is 0 Å². The van der Waals surface area contributed by atoms with Gasteiger partial charge in [-0.3, -0.25) is 9.59 Å². The van der Waals surface area contributed by atoms with Crippen LogP contribution in [0.15, 0.2) is 18.2 Å². The Morgan fingerprint density at radius 2 is 1.92 bits per heavy atom. The third kappa shape index (κ3) is 4.20. The van der Waals surface area contributed by atoms with Crippen LogP contribution < -0.4 is 10.6 Å². The Labute approximate surface area is 152 Å². The standard InChI is InChI=1S/C19H25F2N3O2/c1-11(25)22-18(16-6-3-12(20)7-17(16)21)10-19(26)24(2)15-8-13-4-5-14(9-15)23-13/h3,6-7,13-15,18,23H,4-5,8-10H2,1-2H3,(H,22,25). The van der Waals surface area contributed by atoms with Gasteiger partial charge in [-0.25, -0.2) is 8.78 Å². The summed E-state index contributed by atoms with van der Waals surface area (Å²) in [5.41, 5.74) is 0.119. The molecule has 0 aliphatic carbocycles.